The molecule has 0 amide bonds. The van der Waals surface area contributed by atoms with Crippen LogP contribution in [0.3, 0.4) is 0 Å². The quantitative estimate of drug-likeness (QED) is 0.779. The number of nitrogens with zero attached hydrogens (tertiary/aromatic N) is 1. The minimum atomic E-state index is -0.891. The molecule has 1 aliphatic rings. The fraction of sp³-hybridized carbons (Fsp3) is 0.545. The lowest BCUT2D eigenvalue weighted by Gasteiger charge is -2.19. The van der Waals surface area contributed by atoms with Crippen LogP contribution in [0.4, 0.5) is 0 Å². The minimum absolute atomic E-state index is 0.255. The molecular formula is C11H14N2O4. The zero-order valence-electron chi connectivity index (χ0n) is 9.52. The molecule has 1 unspecified atom stereocenters. The van der Waals surface area contributed by atoms with Crippen LogP contribution in [0.2, 0.25) is 0 Å². The van der Waals surface area contributed by atoms with Gasteiger partial charge in [-0.1, -0.05) is 6.92 Å². The maximum Gasteiger partial charge on any atom is 0.345 e. The van der Waals surface area contributed by atoms with Crippen molar-refractivity contribution in [1.29, 1.82) is 0 Å². The van der Waals surface area contributed by atoms with E-state index in [0.29, 0.717) is 25.3 Å². The lowest BCUT2D eigenvalue weighted by atomic mass is 9.99. The summed E-state index contributed by atoms with van der Waals surface area (Å²) in [5.74, 6) is -1.45. The average Bonchev–Trinajstić information content (AvgIpc) is 2.28. The maximum absolute atomic E-state index is 11.4. The van der Waals surface area contributed by atoms with Gasteiger partial charge in [0.05, 0.1) is 24.8 Å². The van der Waals surface area contributed by atoms with Crippen LogP contribution in [0.1, 0.15) is 23.9 Å². The van der Waals surface area contributed by atoms with Gasteiger partial charge in [-0.05, 0) is 0 Å². The van der Waals surface area contributed by atoms with Gasteiger partial charge in [0.2, 0.25) is 0 Å². The van der Waals surface area contributed by atoms with Crippen molar-refractivity contribution in [2.24, 2.45) is 5.92 Å². The summed E-state index contributed by atoms with van der Waals surface area (Å²) in [5.41, 5.74) is 1.78. The van der Waals surface area contributed by atoms with Gasteiger partial charge in [-0.15, -0.1) is 0 Å². The Morgan fingerprint density at radius 3 is 3.12 bits per heavy atom. The Balaban J connectivity index is 2.35. The van der Waals surface area contributed by atoms with Crippen molar-refractivity contribution in [3.8, 4) is 0 Å². The number of carbonyl (C=O) groups is 1. The summed E-state index contributed by atoms with van der Waals surface area (Å²) in [6.07, 6.45) is 0.895. The van der Waals surface area contributed by atoms with Crippen molar-refractivity contribution in [3.63, 3.8) is 0 Å². The Kier molecular flexibility index (Phi) is 3.23. The summed E-state index contributed by atoms with van der Waals surface area (Å²) >= 11 is 0. The number of nitrogens with one attached hydrogen (secondary N) is 1. The summed E-state index contributed by atoms with van der Waals surface area (Å²) in [5, 5.41) is 8.87. The molecule has 0 aliphatic carbocycles. The van der Waals surface area contributed by atoms with Crippen molar-refractivity contribution in [2.75, 3.05) is 6.61 Å². The number of carboxylic acids is 1. The minimum Gasteiger partial charge on any atom is -0.481 e. The fourth-order valence-corrected chi connectivity index (χ4v) is 1.88. The van der Waals surface area contributed by atoms with Crippen molar-refractivity contribution < 1.29 is 14.6 Å². The number of aliphatic carboxylic acids is 1. The second-order valence-electron chi connectivity index (χ2n) is 4.19. The molecule has 2 heterocycles. The number of ether oxygens (including phenoxy) is 1. The highest BCUT2D eigenvalue weighted by Crippen LogP contribution is 2.18. The molecule has 1 aromatic heterocycles. The molecule has 2 rings (SSSR count). The van der Waals surface area contributed by atoms with Crippen molar-refractivity contribution in [3.05, 3.63) is 27.4 Å². The Morgan fingerprint density at radius 1 is 1.65 bits per heavy atom. The SMILES string of the molecule is CC(Cc1nc(=O)[nH]c2c1COCC2)C(=O)O. The van der Waals surface area contributed by atoms with Crippen LogP contribution >= 0.6 is 0 Å². The largest absolute Gasteiger partial charge is 0.481 e. The predicted octanol–water partition coefficient (Wildman–Crippen LogP) is 0.106. The van der Waals surface area contributed by atoms with Gasteiger partial charge in [-0.25, -0.2) is 4.79 Å². The van der Waals surface area contributed by atoms with Gasteiger partial charge in [0.1, 0.15) is 0 Å². The van der Waals surface area contributed by atoms with Crippen molar-refractivity contribution >= 4 is 5.97 Å². The van der Waals surface area contributed by atoms with E-state index < -0.39 is 17.6 Å². The summed E-state index contributed by atoms with van der Waals surface area (Å²) < 4.78 is 5.31. The third kappa shape index (κ3) is 2.52. The van der Waals surface area contributed by atoms with Crippen LogP contribution in [0.5, 0.6) is 0 Å². The number of hydrogen-bond acceptors (Lipinski definition) is 4. The second kappa shape index (κ2) is 4.67. The smallest absolute Gasteiger partial charge is 0.345 e. The number of rotatable bonds is 3. The molecule has 0 bridgehead atoms. The van der Waals surface area contributed by atoms with Crippen molar-refractivity contribution in [1.82, 2.24) is 9.97 Å². The molecule has 17 heavy (non-hydrogen) atoms. The van der Waals surface area contributed by atoms with Crippen LogP contribution in [-0.2, 0) is 29.0 Å². The van der Waals surface area contributed by atoms with Crippen LogP contribution in [0.15, 0.2) is 4.79 Å². The molecular weight excluding hydrogens is 224 g/mol. The Morgan fingerprint density at radius 2 is 2.41 bits per heavy atom. The van der Waals surface area contributed by atoms with E-state index in [2.05, 4.69) is 9.97 Å². The van der Waals surface area contributed by atoms with Gasteiger partial charge in [-0.2, -0.15) is 4.98 Å². The first kappa shape index (κ1) is 11.8. The van der Waals surface area contributed by atoms with E-state index >= 15 is 0 Å². The molecule has 0 fully saturated rings. The first-order valence-electron chi connectivity index (χ1n) is 5.49. The zero-order chi connectivity index (χ0) is 12.4. The summed E-state index contributed by atoms with van der Waals surface area (Å²) in [7, 11) is 0. The number of aromatic nitrogens is 2. The molecule has 2 N–H and O–H groups in total. The second-order valence-corrected chi connectivity index (χ2v) is 4.19. The topological polar surface area (TPSA) is 92.3 Å². The highest BCUT2D eigenvalue weighted by Gasteiger charge is 2.20. The lowest BCUT2D eigenvalue weighted by molar-refractivity contribution is -0.141. The molecule has 0 spiro atoms. The van der Waals surface area contributed by atoms with E-state index in [1.54, 1.807) is 6.92 Å². The normalized spacial score (nSPS) is 16.3. The Labute approximate surface area is 97.7 Å². The summed E-state index contributed by atoms with van der Waals surface area (Å²) in [6, 6.07) is 0. The van der Waals surface area contributed by atoms with Crippen LogP contribution in [-0.4, -0.2) is 27.7 Å². The molecule has 1 aromatic rings. The molecule has 6 nitrogen and oxygen atoms in total. The molecule has 92 valence electrons. The lowest BCUT2D eigenvalue weighted by Crippen LogP contribution is -2.25. The molecule has 0 saturated heterocycles. The number of fused-ring (bicyclic) bond motifs is 1. The van der Waals surface area contributed by atoms with Gasteiger partial charge in [-0.3, -0.25) is 4.79 Å². The summed E-state index contributed by atoms with van der Waals surface area (Å²) in [4.78, 5) is 28.7. The predicted molar refractivity (Wildman–Crippen MR) is 58.7 cm³/mol. The summed E-state index contributed by atoms with van der Waals surface area (Å²) in [6.45, 7) is 2.56. The molecule has 1 aliphatic heterocycles. The first-order chi connectivity index (χ1) is 8.08. The van der Waals surface area contributed by atoms with E-state index in [1.165, 1.54) is 0 Å². The average molecular weight is 238 g/mol. The van der Waals surface area contributed by atoms with Gasteiger partial charge < -0.3 is 14.8 Å². The van der Waals surface area contributed by atoms with Gasteiger partial charge in [0.15, 0.2) is 0 Å². The highest BCUT2D eigenvalue weighted by atomic mass is 16.5. The Hall–Kier alpha value is -1.69. The van der Waals surface area contributed by atoms with E-state index in [1.807, 2.05) is 0 Å². The number of carboxylic acid groups (broad SMARTS) is 1. The maximum atomic E-state index is 11.4. The Bertz CT molecular complexity index is 495. The van der Waals surface area contributed by atoms with E-state index in [0.717, 1.165) is 11.3 Å². The van der Waals surface area contributed by atoms with Crippen LogP contribution < -0.4 is 5.69 Å². The molecule has 0 saturated carbocycles. The fourth-order valence-electron chi connectivity index (χ4n) is 1.88. The van der Waals surface area contributed by atoms with E-state index in [-0.39, 0.29) is 6.42 Å². The number of hydrogen-bond donors (Lipinski definition) is 2. The standard InChI is InChI=1S/C11H14N2O4/c1-6(10(14)15)4-9-7-5-17-3-2-8(7)12-11(16)13-9/h6H,2-5H2,1H3,(H,14,15)(H,12,13,16). The molecule has 6 heteroatoms. The van der Waals surface area contributed by atoms with E-state index in [4.69, 9.17) is 9.84 Å². The molecule has 0 aromatic carbocycles. The van der Waals surface area contributed by atoms with E-state index in [9.17, 15) is 9.59 Å². The van der Waals surface area contributed by atoms with Gasteiger partial charge in [0.25, 0.3) is 0 Å². The monoisotopic (exact) mass is 238 g/mol. The van der Waals surface area contributed by atoms with Gasteiger partial charge in [0, 0.05) is 24.1 Å². The third-order valence-corrected chi connectivity index (χ3v) is 2.87. The first-order valence-corrected chi connectivity index (χ1v) is 5.49. The van der Waals surface area contributed by atoms with Crippen LogP contribution in [0.25, 0.3) is 0 Å². The molecule has 0 radical (unpaired) electrons. The number of aromatic amines is 1. The highest BCUT2D eigenvalue weighted by molar-refractivity contribution is 5.69. The van der Waals surface area contributed by atoms with Gasteiger partial charge >= 0.3 is 11.7 Å². The van der Waals surface area contributed by atoms with Crippen LogP contribution in [0, 0.1) is 5.92 Å². The number of H-pyrrole nitrogens is 1. The zero-order valence-corrected chi connectivity index (χ0v) is 9.52. The third-order valence-electron chi connectivity index (χ3n) is 2.87. The molecule has 1 atom stereocenters. The van der Waals surface area contributed by atoms with Crippen molar-refractivity contribution in [2.45, 2.75) is 26.4 Å².